The van der Waals surface area contributed by atoms with Crippen molar-refractivity contribution in [2.75, 3.05) is 6.61 Å². The summed E-state index contributed by atoms with van der Waals surface area (Å²) in [6, 6.07) is -0.823. The number of hydrogen-bond donors (Lipinski definition) is 4. The van der Waals surface area contributed by atoms with Gasteiger partial charge in [-0.1, -0.05) is 179 Å². The second-order valence-electron chi connectivity index (χ2n) is 14.9. The number of unbranched alkanes of at least 4 members (excludes halogenated alkanes) is 27. The van der Waals surface area contributed by atoms with Crippen LogP contribution in [-0.4, -0.2) is 46.1 Å². The molecule has 0 heterocycles. The minimum absolute atomic E-state index is 0.157. The predicted octanol–water partition coefficient (Wildman–Crippen LogP) is 12.2. The zero-order valence-corrected chi connectivity index (χ0v) is 32.8. The fourth-order valence-electron chi connectivity index (χ4n) is 6.63. The van der Waals surface area contributed by atoms with Crippen LogP contribution in [0.4, 0.5) is 0 Å². The Morgan fingerprint density at radius 3 is 1.20 bits per heavy atom. The summed E-state index contributed by atoms with van der Waals surface area (Å²) in [7, 11) is 0. The third kappa shape index (κ3) is 35.0. The van der Waals surface area contributed by atoms with Crippen LogP contribution < -0.4 is 5.32 Å². The summed E-state index contributed by atoms with van der Waals surface area (Å²) in [5, 5.41) is 33.3. The van der Waals surface area contributed by atoms with Crippen LogP contribution in [0.5, 0.6) is 0 Å². The molecule has 4 N–H and O–H groups in total. The molecule has 0 radical (unpaired) electrons. The lowest BCUT2D eigenvalue weighted by Gasteiger charge is -2.26. The molecule has 0 spiro atoms. The van der Waals surface area contributed by atoms with E-state index in [4.69, 9.17) is 0 Å². The number of allylic oxidation sites excluding steroid dienone is 4. The first-order valence-corrected chi connectivity index (χ1v) is 21.6. The maximum Gasteiger partial charge on any atom is 0.220 e. The maximum atomic E-state index is 12.4. The molecule has 49 heavy (non-hydrogen) atoms. The normalized spacial score (nSPS) is 13.8. The summed E-state index contributed by atoms with van der Waals surface area (Å²) in [6.45, 7) is 4.13. The number of rotatable bonds is 39. The average Bonchev–Trinajstić information content (AvgIpc) is 3.10. The highest BCUT2D eigenvalue weighted by Crippen LogP contribution is 2.15. The van der Waals surface area contributed by atoms with E-state index in [1.165, 1.54) is 161 Å². The summed E-state index contributed by atoms with van der Waals surface area (Å²) < 4.78 is 0. The van der Waals surface area contributed by atoms with Gasteiger partial charge in [0.05, 0.1) is 18.8 Å². The largest absolute Gasteiger partial charge is 0.394 e. The van der Waals surface area contributed by atoms with E-state index in [9.17, 15) is 20.1 Å². The SMILES string of the molecule is CCCCCC/C=C/CCCC(O)C(O)C(CO)NC(=O)CCCCCCCCCCCC/C=C\CCCCCCCCCCCCCC. The lowest BCUT2D eigenvalue weighted by Crippen LogP contribution is -2.50. The van der Waals surface area contributed by atoms with Crippen molar-refractivity contribution in [3.05, 3.63) is 24.3 Å². The lowest BCUT2D eigenvalue weighted by atomic mass is 10.0. The van der Waals surface area contributed by atoms with Gasteiger partial charge >= 0.3 is 0 Å². The van der Waals surface area contributed by atoms with Crippen LogP contribution in [0.2, 0.25) is 0 Å². The Morgan fingerprint density at radius 2 is 0.816 bits per heavy atom. The molecule has 0 rings (SSSR count). The van der Waals surface area contributed by atoms with Crippen LogP contribution in [0.15, 0.2) is 24.3 Å². The van der Waals surface area contributed by atoms with Crippen molar-refractivity contribution in [2.24, 2.45) is 0 Å². The molecule has 0 bridgehead atoms. The number of aliphatic hydroxyl groups is 3. The van der Waals surface area contributed by atoms with Gasteiger partial charge in [0.15, 0.2) is 0 Å². The highest BCUT2D eigenvalue weighted by molar-refractivity contribution is 5.76. The quantitative estimate of drug-likeness (QED) is 0.0381. The molecule has 0 saturated carbocycles. The van der Waals surface area contributed by atoms with E-state index in [1.807, 2.05) is 0 Å². The van der Waals surface area contributed by atoms with Gasteiger partial charge in [-0.2, -0.15) is 0 Å². The van der Waals surface area contributed by atoms with Gasteiger partial charge in [0, 0.05) is 6.42 Å². The third-order valence-corrected chi connectivity index (χ3v) is 10.0. The molecule has 0 aliphatic rings. The monoisotopic (exact) mass is 692 g/mol. The minimum atomic E-state index is -1.16. The molecule has 0 aromatic rings. The number of carbonyl (C=O) groups excluding carboxylic acids is 1. The lowest BCUT2D eigenvalue weighted by molar-refractivity contribution is -0.124. The Balaban J connectivity index is 3.55. The van der Waals surface area contributed by atoms with Gasteiger partial charge in [0.2, 0.25) is 5.91 Å². The Bertz CT molecular complexity index is 724. The molecule has 0 aliphatic heterocycles. The van der Waals surface area contributed by atoms with E-state index < -0.39 is 18.2 Å². The van der Waals surface area contributed by atoms with Gasteiger partial charge < -0.3 is 20.6 Å². The van der Waals surface area contributed by atoms with Crippen LogP contribution in [0.3, 0.4) is 0 Å². The summed E-state index contributed by atoms with van der Waals surface area (Å²) in [5.74, 6) is -0.157. The first kappa shape index (κ1) is 47.8. The van der Waals surface area contributed by atoms with Gasteiger partial charge in [0.25, 0.3) is 0 Å². The summed E-state index contributed by atoms with van der Waals surface area (Å²) in [6.07, 6.45) is 47.4. The Labute approximate surface area is 305 Å². The molecular weight excluding hydrogens is 606 g/mol. The van der Waals surface area contributed by atoms with Crippen LogP contribution in [-0.2, 0) is 4.79 Å². The average molecular weight is 692 g/mol. The van der Waals surface area contributed by atoms with Crippen LogP contribution in [0, 0.1) is 0 Å². The predicted molar refractivity (Wildman–Crippen MR) is 213 cm³/mol. The molecule has 5 heteroatoms. The van der Waals surface area contributed by atoms with E-state index in [0.29, 0.717) is 12.8 Å². The molecule has 0 aromatic carbocycles. The van der Waals surface area contributed by atoms with Crippen molar-refractivity contribution in [2.45, 2.75) is 244 Å². The number of carbonyl (C=O) groups is 1. The Kier molecular flexibility index (Phi) is 38.7. The number of hydrogen-bond acceptors (Lipinski definition) is 4. The van der Waals surface area contributed by atoms with E-state index in [2.05, 4.69) is 43.5 Å². The highest BCUT2D eigenvalue weighted by Gasteiger charge is 2.26. The molecule has 3 unspecified atom stereocenters. The second-order valence-corrected chi connectivity index (χ2v) is 14.9. The zero-order chi connectivity index (χ0) is 35.9. The van der Waals surface area contributed by atoms with E-state index in [1.54, 1.807) is 0 Å². The molecule has 290 valence electrons. The van der Waals surface area contributed by atoms with E-state index in [0.717, 1.165) is 38.5 Å². The first-order valence-electron chi connectivity index (χ1n) is 21.6. The molecule has 3 atom stereocenters. The maximum absolute atomic E-state index is 12.4. The molecule has 5 nitrogen and oxygen atoms in total. The van der Waals surface area contributed by atoms with Crippen molar-refractivity contribution >= 4 is 5.91 Å². The molecule has 0 saturated heterocycles. The van der Waals surface area contributed by atoms with Gasteiger partial charge in [-0.15, -0.1) is 0 Å². The topological polar surface area (TPSA) is 89.8 Å². The molecule has 0 fully saturated rings. The van der Waals surface area contributed by atoms with Crippen molar-refractivity contribution < 1.29 is 20.1 Å². The smallest absolute Gasteiger partial charge is 0.220 e. The molecule has 0 aliphatic carbocycles. The van der Waals surface area contributed by atoms with E-state index in [-0.39, 0.29) is 12.5 Å². The fraction of sp³-hybridized carbons (Fsp3) is 0.886. The van der Waals surface area contributed by atoms with Crippen molar-refractivity contribution in [1.82, 2.24) is 5.32 Å². The fourth-order valence-corrected chi connectivity index (χ4v) is 6.63. The number of nitrogens with one attached hydrogen (secondary N) is 1. The second kappa shape index (κ2) is 39.6. The summed E-state index contributed by atoms with van der Waals surface area (Å²) >= 11 is 0. The van der Waals surface area contributed by atoms with Crippen LogP contribution in [0.1, 0.15) is 226 Å². The van der Waals surface area contributed by atoms with Crippen LogP contribution >= 0.6 is 0 Å². The van der Waals surface area contributed by atoms with Crippen LogP contribution in [0.25, 0.3) is 0 Å². The van der Waals surface area contributed by atoms with E-state index >= 15 is 0 Å². The van der Waals surface area contributed by atoms with Gasteiger partial charge in [-0.05, 0) is 64.2 Å². The van der Waals surface area contributed by atoms with Gasteiger partial charge in [-0.3, -0.25) is 4.79 Å². The van der Waals surface area contributed by atoms with Crippen molar-refractivity contribution in [1.29, 1.82) is 0 Å². The molecule has 1 amide bonds. The van der Waals surface area contributed by atoms with Gasteiger partial charge in [-0.25, -0.2) is 0 Å². The summed E-state index contributed by atoms with van der Waals surface area (Å²) in [4.78, 5) is 12.4. The standard InChI is InChI=1S/C44H85NO4/c1-3-5-7-9-11-13-14-15-16-17-18-19-20-21-22-23-24-25-26-27-28-29-31-33-35-37-39-43(48)45-41(40-46)44(49)42(47)38-36-34-32-30-12-10-8-6-4-2/h21-22,30,32,41-42,44,46-47,49H,3-20,23-29,31,33-40H2,1-2H3,(H,45,48)/b22-21-,32-30+. The van der Waals surface area contributed by atoms with Crippen molar-refractivity contribution in [3.8, 4) is 0 Å². The Morgan fingerprint density at radius 1 is 0.490 bits per heavy atom. The summed E-state index contributed by atoms with van der Waals surface area (Å²) in [5.41, 5.74) is 0. The zero-order valence-electron chi connectivity index (χ0n) is 32.8. The molecule has 0 aromatic heterocycles. The number of amides is 1. The Hall–Kier alpha value is -1.17. The number of aliphatic hydroxyl groups excluding tert-OH is 3. The third-order valence-electron chi connectivity index (χ3n) is 10.0. The first-order chi connectivity index (χ1) is 24.1. The molecular formula is C44H85NO4. The van der Waals surface area contributed by atoms with Gasteiger partial charge in [0.1, 0.15) is 6.10 Å². The van der Waals surface area contributed by atoms with Crippen molar-refractivity contribution in [3.63, 3.8) is 0 Å². The minimum Gasteiger partial charge on any atom is -0.394 e. The highest BCUT2D eigenvalue weighted by atomic mass is 16.3.